The Hall–Kier alpha value is -1.37. The highest BCUT2D eigenvalue weighted by Gasteiger charge is 2.36. The van der Waals surface area contributed by atoms with Crippen LogP contribution in [0.2, 0.25) is 0 Å². The molecule has 0 unspecified atom stereocenters. The molecule has 4 nitrogen and oxygen atoms in total. The Morgan fingerprint density at radius 2 is 1.79 bits per heavy atom. The van der Waals surface area contributed by atoms with Gasteiger partial charge in [0, 0.05) is 22.2 Å². The lowest BCUT2D eigenvalue weighted by Crippen LogP contribution is -2.50. The lowest BCUT2D eigenvalue weighted by molar-refractivity contribution is 0.0418. The first kappa shape index (κ1) is 17.5. The molecule has 0 radical (unpaired) electrons. The lowest BCUT2D eigenvalue weighted by atomic mass is 9.83. The van der Waals surface area contributed by atoms with Crippen molar-refractivity contribution in [2.24, 2.45) is 0 Å². The summed E-state index contributed by atoms with van der Waals surface area (Å²) in [4.78, 5) is 12.6. The maximum absolute atomic E-state index is 12.6. The molecule has 1 aliphatic rings. The number of benzene rings is 2. The molecule has 2 amide bonds. The van der Waals surface area contributed by atoms with Crippen LogP contribution in [0.5, 0.6) is 0 Å². The van der Waals surface area contributed by atoms with E-state index in [9.17, 15) is 4.79 Å². The van der Waals surface area contributed by atoms with Gasteiger partial charge in [0.05, 0.1) is 11.2 Å². The van der Waals surface area contributed by atoms with Gasteiger partial charge in [-0.25, -0.2) is 4.79 Å². The van der Waals surface area contributed by atoms with Gasteiger partial charge in [-0.3, -0.25) is 0 Å². The van der Waals surface area contributed by atoms with Crippen molar-refractivity contribution >= 4 is 43.6 Å². The van der Waals surface area contributed by atoms with Gasteiger partial charge < -0.3 is 15.4 Å². The first-order valence-corrected chi connectivity index (χ1v) is 9.35. The van der Waals surface area contributed by atoms with E-state index in [0.29, 0.717) is 13.2 Å². The number of ether oxygens (including phenoxy) is 1. The van der Waals surface area contributed by atoms with Crippen LogP contribution in [0, 0.1) is 0 Å². The van der Waals surface area contributed by atoms with Crippen LogP contribution in [-0.2, 0) is 10.3 Å². The molecule has 126 valence electrons. The van der Waals surface area contributed by atoms with Crippen LogP contribution < -0.4 is 10.6 Å². The average molecular weight is 454 g/mol. The molecule has 0 saturated carbocycles. The maximum atomic E-state index is 12.6. The fourth-order valence-electron chi connectivity index (χ4n) is 2.93. The molecule has 0 atom stereocenters. The molecule has 3 rings (SSSR count). The summed E-state index contributed by atoms with van der Waals surface area (Å²) in [5.74, 6) is 0. The van der Waals surface area contributed by atoms with Gasteiger partial charge in [0.25, 0.3) is 0 Å². The number of carbonyl (C=O) groups excluding carboxylic acids is 1. The summed E-state index contributed by atoms with van der Waals surface area (Å²) >= 11 is 6.97. The Bertz CT molecular complexity index is 730. The quantitative estimate of drug-likeness (QED) is 0.683. The van der Waals surface area contributed by atoms with Crippen molar-refractivity contribution in [3.63, 3.8) is 0 Å². The molecule has 1 aliphatic heterocycles. The van der Waals surface area contributed by atoms with Gasteiger partial charge >= 0.3 is 6.03 Å². The number of rotatable bonds is 3. The summed E-state index contributed by atoms with van der Waals surface area (Å²) in [6.07, 6.45) is 1.49. The Labute approximate surface area is 158 Å². The van der Waals surface area contributed by atoms with Crippen LogP contribution in [0.3, 0.4) is 0 Å². The van der Waals surface area contributed by atoms with Gasteiger partial charge in [-0.05, 0) is 58.6 Å². The van der Waals surface area contributed by atoms with E-state index in [2.05, 4.69) is 54.6 Å². The van der Waals surface area contributed by atoms with Gasteiger partial charge in [0.1, 0.15) is 0 Å². The second-order valence-electron chi connectivity index (χ2n) is 5.76. The number of carbonyl (C=O) groups is 1. The molecule has 24 heavy (non-hydrogen) atoms. The summed E-state index contributed by atoms with van der Waals surface area (Å²) in [5.41, 5.74) is 1.40. The minimum Gasteiger partial charge on any atom is -0.381 e. The van der Waals surface area contributed by atoms with Gasteiger partial charge in [0.15, 0.2) is 0 Å². The molecule has 1 saturated heterocycles. The lowest BCUT2D eigenvalue weighted by Gasteiger charge is -2.38. The summed E-state index contributed by atoms with van der Waals surface area (Å²) in [7, 11) is 0. The molecule has 1 fully saturated rings. The first-order chi connectivity index (χ1) is 11.6. The number of urea groups is 1. The Balaban J connectivity index is 1.82. The highest BCUT2D eigenvalue weighted by Crippen LogP contribution is 2.33. The summed E-state index contributed by atoms with van der Waals surface area (Å²) < 4.78 is 7.35. The maximum Gasteiger partial charge on any atom is 0.319 e. The van der Waals surface area contributed by atoms with Crippen LogP contribution in [0.4, 0.5) is 10.5 Å². The minimum absolute atomic E-state index is 0.219. The fourth-order valence-corrected chi connectivity index (χ4v) is 3.71. The molecular weight excluding hydrogens is 436 g/mol. The summed E-state index contributed by atoms with van der Waals surface area (Å²) in [5, 5.41) is 6.10. The van der Waals surface area contributed by atoms with E-state index < -0.39 is 5.54 Å². The smallest absolute Gasteiger partial charge is 0.319 e. The van der Waals surface area contributed by atoms with Gasteiger partial charge in [-0.15, -0.1) is 0 Å². The van der Waals surface area contributed by atoms with E-state index in [-0.39, 0.29) is 6.03 Å². The van der Waals surface area contributed by atoms with Crippen molar-refractivity contribution in [3.8, 4) is 0 Å². The van der Waals surface area contributed by atoms with Crippen molar-refractivity contribution in [1.82, 2.24) is 5.32 Å². The van der Waals surface area contributed by atoms with Crippen molar-refractivity contribution < 1.29 is 9.53 Å². The third-order valence-electron chi connectivity index (χ3n) is 4.20. The fraction of sp³-hybridized carbons (Fsp3) is 0.278. The second-order valence-corrected chi connectivity index (χ2v) is 7.53. The zero-order chi connectivity index (χ0) is 17.0. The molecule has 0 bridgehead atoms. The van der Waals surface area contributed by atoms with Crippen molar-refractivity contribution in [2.75, 3.05) is 18.5 Å². The van der Waals surface area contributed by atoms with Crippen LogP contribution in [-0.4, -0.2) is 19.2 Å². The number of nitrogens with one attached hydrogen (secondary N) is 2. The highest BCUT2D eigenvalue weighted by molar-refractivity contribution is 9.10. The average Bonchev–Trinajstić information content (AvgIpc) is 2.58. The zero-order valence-electron chi connectivity index (χ0n) is 13.0. The number of amides is 2. The molecule has 1 heterocycles. The van der Waals surface area contributed by atoms with Crippen LogP contribution in [0.15, 0.2) is 57.5 Å². The summed E-state index contributed by atoms with van der Waals surface area (Å²) in [6.45, 7) is 1.25. The number of anilines is 1. The van der Waals surface area contributed by atoms with E-state index >= 15 is 0 Å². The zero-order valence-corrected chi connectivity index (χ0v) is 16.2. The number of halogens is 2. The van der Waals surface area contributed by atoms with Crippen molar-refractivity contribution in [2.45, 2.75) is 18.4 Å². The molecule has 6 heteroatoms. The molecule has 0 spiro atoms. The topological polar surface area (TPSA) is 50.4 Å². The number of para-hydroxylation sites is 1. The Kier molecular flexibility index (Phi) is 5.58. The predicted octanol–water partition coefficient (Wildman–Crippen LogP) is 5.04. The largest absolute Gasteiger partial charge is 0.381 e. The van der Waals surface area contributed by atoms with E-state index in [4.69, 9.17) is 4.74 Å². The monoisotopic (exact) mass is 452 g/mol. The summed E-state index contributed by atoms with van der Waals surface area (Å²) in [6, 6.07) is 15.4. The molecule has 0 aliphatic carbocycles. The minimum atomic E-state index is -0.423. The third-order valence-corrected chi connectivity index (χ3v) is 5.38. The van der Waals surface area contributed by atoms with Gasteiger partial charge in [0.2, 0.25) is 0 Å². The van der Waals surface area contributed by atoms with Gasteiger partial charge in [-0.1, -0.05) is 40.2 Å². The predicted molar refractivity (Wildman–Crippen MR) is 102 cm³/mol. The number of hydrogen-bond donors (Lipinski definition) is 2. The van der Waals surface area contributed by atoms with E-state index in [1.54, 1.807) is 0 Å². The molecule has 0 aromatic heterocycles. The standard InChI is InChI=1S/C18H18Br2N2O2/c19-14-5-3-4-13(12-14)18(8-10-24-11-9-18)22-17(23)21-16-7-2-1-6-15(16)20/h1-7,12H,8-11H2,(H2,21,22,23). The second kappa shape index (κ2) is 7.68. The SMILES string of the molecule is O=C(Nc1ccccc1Br)NC1(c2cccc(Br)c2)CCOCC1. The third kappa shape index (κ3) is 3.99. The van der Waals surface area contributed by atoms with Crippen LogP contribution in [0.1, 0.15) is 18.4 Å². The van der Waals surface area contributed by atoms with Crippen molar-refractivity contribution in [3.05, 3.63) is 63.0 Å². The normalized spacial score (nSPS) is 16.4. The molecular formula is C18H18Br2N2O2. The van der Waals surface area contributed by atoms with E-state index in [1.807, 2.05) is 36.4 Å². The van der Waals surface area contributed by atoms with Crippen LogP contribution >= 0.6 is 31.9 Å². The van der Waals surface area contributed by atoms with E-state index in [0.717, 1.165) is 33.0 Å². The van der Waals surface area contributed by atoms with E-state index in [1.165, 1.54) is 0 Å². The molecule has 2 aromatic carbocycles. The molecule has 2 aromatic rings. The number of hydrogen-bond acceptors (Lipinski definition) is 2. The van der Waals surface area contributed by atoms with Crippen molar-refractivity contribution in [1.29, 1.82) is 0 Å². The Morgan fingerprint density at radius 1 is 1.04 bits per heavy atom. The van der Waals surface area contributed by atoms with Crippen LogP contribution in [0.25, 0.3) is 0 Å². The first-order valence-electron chi connectivity index (χ1n) is 7.77. The molecule has 2 N–H and O–H groups in total. The van der Waals surface area contributed by atoms with Gasteiger partial charge in [-0.2, -0.15) is 0 Å². The highest BCUT2D eigenvalue weighted by atomic mass is 79.9. The Morgan fingerprint density at radius 3 is 2.50 bits per heavy atom.